The average Bonchev–Trinajstić information content (AvgIpc) is 2.41. The Morgan fingerprint density at radius 1 is 1.30 bits per heavy atom. The topological polar surface area (TPSA) is 62.8 Å². The number of hydrogen-bond acceptors (Lipinski definition) is 4. The molecule has 104 valence electrons. The first kappa shape index (κ1) is 15.4. The molecule has 6 heteroatoms. The van der Waals surface area contributed by atoms with Gasteiger partial charge in [0.1, 0.15) is 10.9 Å². The van der Waals surface area contributed by atoms with Gasteiger partial charge in [-0.25, -0.2) is 4.98 Å². The Morgan fingerprint density at radius 3 is 2.65 bits per heavy atom. The predicted octanol–water partition coefficient (Wildman–Crippen LogP) is 4.39. The van der Waals surface area contributed by atoms with Crippen LogP contribution in [0, 0.1) is 5.41 Å². The van der Waals surface area contributed by atoms with Gasteiger partial charge in [0.25, 0.3) is 0 Å². The Bertz CT molecular complexity index is 614. The van der Waals surface area contributed by atoms with Gasteiger partial charge in [0.2, 0.25) is 0 Å². The van der Waals surface area contributed by atoms with Crippen LogP contribution in [0.25, 0.3) is 0 Å². The molecule has 3 nitrogen and oxygen atoms in total. The Labute approximate surface area is 135 Å². The number of halogens is 1. The molecule has 2 rings (SSSR count). The first-order valence-electron chi connectivity index (χ1n) is 6.01. The number of rotatable bonds is 5. The Kier molecular flexibility index (Phi) is 5.51. The van der Waals surface area contributed by atoms with Crippen LogP contribution < -0.4 is 5.73 Å². The third kappa shape index (κ3) is 3.77. The number of nitrogens with one attached hydrogen (secondary N) is 1. The average molecular weight is 368 g/mol. The summed E-state index contributed by atoms with van der Waals surface area (Å²) in [5, 5.41) is 8.70. The summed E-state index contributed by atoms with van der Waals surface area (Å²) in [5.74, 6) is 1.05. The van der Waals surface area contributed by atoms with Gasteiger partial charge in [-0.3, -0.25) is 5.41 Å². The van der Waals surface area contributed by atoms with Gasteiger partial charge in [-0.1, -0.05) is 24.8 Å². The molecule has 1 aromatic carbocycles. The summed E-state index contributed by atoms with van der Waals surface area (Å²) >= 11 is 6.59. The molecule has 0 saturated heterocycles. The monoisotopic (exact) mass is 367 g/mol. The van der Waals surface area contributed by atoms with Crippen LogP contribution in [-0.2, 0) is 0 Å². The van der Waals surface area contributed by atoms with E-state index in [2.05, 4.69) is 27.8 Å². The highest BCUT2D eigenvalue weighted by Crippen LogP contribution is 2.34. The lowest BCUT2D eigenvalue weighted by atomic mass is 10.2. The Hall–Kier alpha value is -0.980. The first-order valence-corrected chi connectivity index (χ1v) is 8.61. The summed E-state index contributed by atoms with van der Waals surface area (Å²) in [6.07, 6.45) is 1.76. The van der Waals surface area contributed by atoms with Gasteiger partial charge in [-0.05, 0) is 45.9 Å². The predicted molar refractivity (Wildman–Crippen MR) is 89.9 cm³/mol. The van der Waals surface area contributed by atoms with Crippen molar-refractivity contribution in [3.05, 3.63) is 46.6 Å². The van der Waals surface area contributed by atoms with Crippen molar-refractivity contribution in [3.63, 3.8) is 0 Å². The molecule has 1 aromatic heterocycles. The van der Waals surface area contributed by atoms with E-state index in [1.807, 2.05) is 30.3 Å². The van der Waals surface area contributed by atoms with Crippen molar-refractivity contribution in [2.45, 2.75) is 21.7 Å². The zero-order valence-corrected chi connectivity index (χ0v) is 14.1. The van der Waals surface area contributed by atoms with Crippen molar-refractivity contribution in [1.29, 1.82) is 5.41 Å². The minimum atomic E-state index is 0.0983. The highest BCUT2D eigenvalue weighted by Gasteiger charge is 2.13. The van der Waals surface area contributed by atoms with Gasteiger partial charge in [-0.15, -0.1) is 11.8 Å². The molecule has 0 fully saturated rings. The molecule has 0 atom stereocenters. The fourth-order valence-electron chi connectivity index (χ4n) is 1.67. The second-order valence-electron chi connectivity index (χ2n) is 3.89. The van der Waals surface area contributed by atoms with Gasteiger partial charge in [-0.2, -0.15) is 0 Å². The zero-order chi connectivity index (χ0) is 14.5. The minimum Gasteiger partial charge on any atom is -0.384 e. The maximum atomic E-state index is 7.82. The van der Waals surface area contributed by atoms with E-state index >= 15 is 0 Å². The maximum Gasteiger partial charge on any atom is 0.125 e. The van der Waals surface area contributed by atoms with Crippen LogP contribution in [0.15, 0.2) is 55.8 Å². The van der Waals surface area contributed by atoms with E-state index in [1.165, 1.54) is 11.8 Å². The molecule has 0 amide bonds. The standard InChI is InChI=1S/C14H14BrN3S2/c1-2-19-10-4-3-5-11(13(10)14(16)17)20-12-7-6-9(15)8-18-12/h3-8H,2H2,1H3,(H3,16,17). The second-order valence-corrected chi connectivity index (χ2v) is 7.18. The number of thioether (sulfide) groups is 1. The lowest BCUT2D eigenvalue weighted by Crippen LogP contribution is -2.13. The van der Waals surface area contributed by atoms with E-state index in [0.717, 1.165) is 30.6 Å². The third-order valence-electron chi connectivity index (χ3n) is 2.47. The maximum absolute atomic E-state index is 7.82. The molecule has 0 radical (unpaired) electrons. The number of benzene rings is 1. The van der Waals surface area contributed by atoms with Crippen LogP contribution >= 0.6 is 39.5 Å². The number of aromatic nitrogens is 1. The van der Waals surface area contributed by atoms with Gasteiger partial charge >= 0.3 is 0 Å². The van der Waals surface area contributed by atoms with Crippen LogP contribution in [0.3, 0.4) is 0 Å². The van der Waals surface area contributed by atoms with Crippen molar-refractivity contribution in [1.82, 2.24) is 4.98 Å². The summed E-state index contributed by atoms with van der Waals surface area (Å²) < 4.78 is 0.948. The molecule has 1 heterocycles. The molecule has 0 unspecified atom stereocenters. The lowest BCUT2D eigenvalue weighted by Gasteiger charge is -2.12. The van der Waals surface area contributed by atoms with Crippen LogP contribution in [0.4, 0.5) is 0 Å². The first-order chi connectivity index (χ1) is 9.61. The van der Waals surface area contributed by atoms with Crippen LogP contribution in [0.1, 0.15) is 12.5 Å². The second kappa shape index (κ2) is 7.15. The zero-order valence-electron chi connectivity index (χ0n) is 10.9. The molecular weight excluding hydrogens is 354 g/mol. The van der Waals surface area contributed by atoms with Gasteiger partial charge in [0.05, 0.1) is 0 Å². The Balaban J connectivity index is 2.37. The molecular formula is C14H14BrN3S2. The summed E-state index contributed by atoms with van der Waals surface area (Å²) in [4.78, 5) is 6.35. The SMILES string of the molecule is CCSc1cccc(Sc2ccc(Br)cn2)c1C(=N)N. The summed E-state index contributed by atoms with van der Waals surface area (Å²) in [7, 11) is 0. The fourth-order valence-corrected chi connectivity index (χ4v) is 3.76. The van der Waals surface area contributed by atoms with E-state index in [9.17, 15) is 0 Å². The molecule has 0 aliphatic rings. The minimum absolute atomic E-state index is 0.0983. The van der Waals surface area contributed by atoms with E-state index in [0.29, 0.717) is 0 Å². The van der Waals surface area contributed by atoms with Crippen molar-refractivity contribution in [2.24, 2.45) is 5.73 Å². The molecule has 0 bridgehead atoms. The van der Waals surface area contributed by atoms with Gasteiger partial charge in [0.15, 0.2) is 0 Å². The van der Waals surface area contributed by atoms with E-state index in [-0.39, 0.29) is 5.84 Å². The molecule has 20 heavy (non-hydrogen) atoms. The third-order valence-corrected chi connectivity index (χ3v) is 4.89. The lowest BCUT2D eigenvalue weighted by molar-refractivity contribution is 1.12. The molecule has 2 aromatic rings. The molecule has 0 aliphatic heterocycles. The highest BCUT2D eigenvalue weighted by atomic mass is 79.9. The van der Waals surface area contributed by atoms with Crippen molar-refractivity contribution >= 4 is 45.3 Å². The van der Waals surface area contributed by atoms with Crippen LogP contribution in [0.5, 0.6) is 0 Å². The van der Waals surface area contributed by atoms with E-state index in [4.69, 9.17) is 11.1 Å². The number of nitrogens with two attached hydrogens (primary N) is 1. The molecule has 0 aliphatic carbocycles. The summed E-state index contributed by atoms with van der Waals surface area (Å²) in [5.41, 5.74) is 6.55. The van der Waals surface area contributed by atoms with Crippen molar-refractivity contribution < 1.29 is 0 Å². The fraction of sp³-hybridized carbons (Fsp3) is 0.143. The van der Waals surface area contributed by atoms with E-state index < -0.39 is 0 Å². The number of nitrogen functional groups attached to an aromatic ring is 1. The number of pyridine rings is 1. The van der Waals surface area contributed by atoms with Crippen molar-refractivity contribution in [3.8, 4) is 0 Å². The largest absolute Gasteiger partial charge is 0.384 e. The number of hydrogen-bond donors (Lipinski definition) is 2. The summed E-state index contributed by atoms with van der Waals surface area (Å²) in [6, 6.07) is 9.87. The summed E-state index contributed by atoms with van der Waals surface area (Å²) in [6.45, 7) is 2.09. The molecule has 3 N–H and O–H groups in total. The molecule has 0 spiro atoms. The van der Waals surface area contributed by atoms with Crippen LogP contribution in [-0.4, -0.2) is 16.6 Å². The molecule has 0 saturated carbocycles. The van der Waals surface area contributed by atoms with Gasteiger partial charge < -0.3 is 5.73 Å². The van der Waals surface area contributed by atoms with Crippen LogP contribution in [0.2, 0.25) is 0 Å². The number of nitrogens with zero attached hydrogens (tertiary/aromatic N) is 1. The highest BCUT2D eigenvalue weighted by molar-refractivity contribution is 9.10. The van der Waals surface area contributed by atoms with Crippen molar-refractivity contribution in [2.75, 3.05) is 5.75 Å². The van der Waals surface area contributed by atoms with Gasteiger partial charge in [0, 0.05) is 26.0 Å². The van der Waals surface area contributed by atoms with E-state index in [1.54, 1.807) is 18.0 Å². The quantitative estimate of drug-likeness (QED) is 0.467. The smallest absolute Gasteiger partial charge is 0.125 e. The Morgan fingerprint density at radius 2 is 2.05 bits per heavy atom. The number of amidine groups is 1. The normalized spacial score (nSPS) is 10.5.